The minimum absolute atomic E-state index is 0.137. The van der Waals surface area contributed by atoms with Gasteiger partial charge in [0.25, 0.3) is 5.91 Å². The fraction of sp³-hybridized carbons (Fsp3) is 0.400. The predicted molar refractivity (Wildman–Crippen MR) is 103 cm³/mol. The molecule has 156 valence electrons. The highest BCUT2D eigenvalue weighted by Crippen LogP contribution is 2.22. The van der Waals surface area contributed by atoms with Gasteiger partial charge in [-0.1, -0.05) is 17.3 Å². The van der Waals surface area contributed by atoms with Crippen molar-refractivity contribution in [2.45, 2.75) is 53.4 Å². The highest BCUT2D eigenvalue weighted by molar-refractivity contribution is 5.99. The Bertz CT molecular complexity index is 871. The van der Waals surface area contributed by atoms with E-state index in [0.29, 0.717) is 17.2 Å². The quantitative estimate of drug-likeness (QED) is 0.682. The number of benzene rings is 1. The first-order chi connectivity index (χ1) is 13.7. The summed E-state index contributed by atoms with van der Waals surface area (Å²) in [5.41, 5.74) is 1.65. The van der Waals surface area contributed by atoms with Crippen LogP contribution in [0.25, 0.3) is 0 Å². The van der Waals surface area contributed by atoms with E-state index >= 15 is 0 Å². The number of para-hydroxylation sites is 1. The van der Waals surface area contributed by atoms with Gasteiger partial charge in [-0.05, 0) is 46.8 Å². The van der Waals surface area contributed by atoms with Crippen LogP contribution in [0.1, 0.15) is 48.1 Å². The van der Waals surface area contributed by atoms with Crippen LogP contribution in [-0.2, 0) is 16.1 Å². The second kappa shape index (κ2) is 9.72. The molecule has 0 saturated carbocycles. The Kier molecular flexibility index (Phi) is 7.35. The van der Waals surface area contributed by atoms with E-state index in [-0.39, 0.29) is 18.2 Å². The monoisotopic (exact) mass is 403 g/mol. The number of nitrogens with one attached hydrogen (secondary N) is 2. The fourth-order valence-electron chi connectivity index (χ4n) is 2.41. The lowest BCUT2D eigenvalue weighted by atomic mass is 10.2. The Hall–Kier alpha value is -3.36. The molecule has 9 nitrogen and oxygen atoms in total. The summed E-state index contributed by atoms with van der Waals surface area (Å²) in [6.45, 7) is 8.62. The third-order valence-electron chi connectivity index (χ3n) is 3.97. The Balaban J connectivity index is 2.02. The molecule has 1 atom stereocenters. The van der Waals surface area contributed by atoms with Gasteiger partial charge in [0.15, 0.2) is 6.10 Å². The van der Waals surface area contributed by atoms with Crippen molar-refractivity contribution in [3.05, 3.63) is 46.8 Å². The second-order valence-electron chi connectivity index (χ2n) is 6.75. The third kappa shape index (κ3) is 6.06. The molecule has 0 bridgehead atoms. The number of carbonyl (C=O) groups excluding carboxylic acids is 3. The number of aromatic nitrogens is 1. The summed E-state index contributed by atoms with van der Waals surface area (Å²) in [4.78, 5) is 36.2. The van der Waals surface area contributed by atoms with Crippen LogP contribution in [0.3, 0.4) is 0 Å². The van der Waals surface area contributed by atoms with Crippen LogP contribution in [0.15, 0.2) is 28.8 Å². The van der Waals surface area contributed by atoms with E-state index in [0.717, 1.165) is 5.56 Å². The van der Waals surface area contributed by atoms with E-state index in [1.807, 2.05) is 0 Å². The van der Waals surface area contributed by atoms with Crippen LogP contribution in [0.4, 0.5) is 4.79 Å². The maximum atomic E-state index is 12.5. The molecular weight excluding hydrogens is 378 g/mol. The molecule has 29 heavy (non-hydrogen) atoms. The van der Waals surface area contributed by atoms with Crippen LogP contribution in [0, 0.1) is 13.8 Å². The Morgan fingerprint density at radius 3 is 2.45 bits per heavy atom. The molecule has 0 saturated heterocycles. The van der Waals surface area contributed by atoms with Crippen LogP contribution in [0.5, 0.6) is 5.75 Å². The standard InChI is InChI=1S/C20H25N3O6/c1-11(2)21-20(26)22-18(24)14(5)28-19(25)15-8-6-7-9-17(15)27-10-16-12(3)23-29-13(16)4/h6-9,11,14H,10H2,1-5H3,(H2,21,22,24,26)/t14-/m0/s1. The number of urea groups is 1. The van der Waals surface area contributed by atoms with Gasteiger partial charge < -0.3 is 19.3 Å². The van der Waals surface area contributed by atoms with Crippen LogP contribution >= 0.6 is 0 Å². The molecule has 0 aliphatic heterocycles. The highest BCUT2D eigenvalue weighted by Gasteiger charge is 2.23. The van der Waals surface area contributed by atoms with E-state index in [4.69, 9.17) is 14.0 Å². The van der Waals surface area contributed by atoms with E-state index in [1.165, 1.54) is 13.0 Å². The van der Waals surface area contributed by atoms with Gasteiger partial charge in [-0.2, -0.15) is 0 Å². The minimum atomic E-state index is -1.17. The largest absolute Gasteiger partial charge is 0.488 e. The molecule has 0 aliphatic carbocycles. The van der Waals surface area contributed by atoms with Crippen molar-refractivity contribution in [2.75, 3.05) is 0 Å². The number of imide groups is 1. The van der Waals surface area contributed by atoms with Crippen molar-refractivity contribution in [2.24, 2.45) is 0 Å². The molecule has 1 heterocycles. The fourth-order valence-corrected chi connectivity index (χ4v) is 2.41. The molecule has 2 N–H and O–H groups in total. The molecule has 1 aromatic heterocycles. The molecule has 0 spiro atoms. The molecule has 2 rings (SSSR count). The van der Waals surface area contributed by atoms with E-state index in [9.17, 15) is 14.4 Å². The lowest BCUT2D eigenvalue weighted by molar-refractivity contribution is -0.127. The van der Waals surface area contributed by atoms with Crippen molar-refractivity contribution < 1.29 is 28.4 Å². The number of rotatable bonds is 7. The number of ether oxygens (including phenoxy) is 2. The second-order valence-corrected chi connectivity index (χ2v) is 6.75. The SMILES string of the molecule is Cc1noc(C)c1COc1ccccc1C(=O)O[C@@H](C)C(=O)NC(=O)NC(C)C. The molecule has 0 fully saturated rings. The van der Waals surface area contributed by atoms with Gasteiger partial charge in [0.05, 0.1) is 11.3 Å². The van der Waals surface area contributed by atoms with Gasteiger partial charge in [-0.15, -0.1) is 0 Å². The zero-order chi connectivity index (χ0) is 21.6. The normalized spacial score (nSPS) is 11.7. The zero-order valence-corrected chi connectivity index (χ0v) is 17.1. The lowest BCUT2D eigenvalue weighted by Crippen LogP contribution is -2.46. The topological polar surface area (TPSA) is 120 Å². The Morgan fingerprint density at radius 1 is 1.14 bits per heavy atom. The third-order valence-corrected chi connectivity index (χ3v) is 3.97. The Morgan fingerprint density at radius 2 is 1.83 bits per heavy atom. The van der Waals surface area contributed by atoms with Crippen molar-refractivity contribution >= 4 is 17.9 Å². The Labute approximate surface area is 168 Å². The smallest absolute Gasteiger partial charge is 0.342 e. The van der Waals surface area contributed by atoms with Crippen LogP contribution in [-0.4, -0.2) is 35.2 Å². The molecule has 1 aromatic carbocycles. The molecule has 9 heteroatoms. The summed E-state index contributed by atoms with van der Waals surface area (Å²) in [6, 6.07) is 5.72. The lowest BCUT2D eigenvalue weighted by Gasteiger charge is -2.16. The molecule has 3 amide bonds. The van der Waals surface area contributed by atoms with Crippen LogP contribution < -0.4 is 15.4 Å². The van der Waals surface area contributed by atoms with Crippen LogP contribution in [0.2, 0.25) is 0 Å². The van der Waals surface area contributed by atoms with Gasteiger partial charge in [-0.3, -0.25) is 10.1 Å². The van der Waals surface area contributed by atoms with Crippen molar-refractivity contribution in [1.29, 1.82) is 0 Å². The number of carbonyl (C=O) groups is 3. The summed E-state index contributed by atoms with van der Waals surface area (Å²) < 4.78 is 16.0. The first-order valence-corrected chi connectivity index (χ1v) is 9.15. The van der Waals surface area contributed by atoms with Gasteiger partial charge in [0.1, 0.15) is 23.7 Å². The number of aryl methyl sites for hydroxylation is 2. The van der Waals surface area contributed by atoms with Crippen molar-refractivity contribution in [3.63, 3.8) is 0 Å². The molecule has 2 aromatic rings. The molecular formula is C20H25N3O6. The first kappa shape index (κ1) is 21.9. The summed E-state index contributed by atoms with van der Waals surface area (Å²) in [7, 11) is 0. The van der Waals surface area contributed by atoms with Gasteiger partial charge in [-0.25, -0.2) is 9.59 Å². The summed E-state index contributed by atoms with van der Waals surface area (Å²) in [5.74, 6) is -0.549. The van der Waals surface area contributed by atoms with E-state index < -0.39 is 24.0 Å². The average molecular weight is 403 g/mol. The minimum Gasteiger partial charge on any atom is -0.488 e. The number of hydrogen-bond acceptors (Lipinski definition) is 7. The summed E-state index contributed by atoms with van der Waals surface area (Å²) in [5, 5.41) is 8.50. The maximum absolute atomic E-state index is 12.5. The van der Waals surface area contributed by atoms with Crippen molar-refractivity contribution in [3.8, 4) is 5.75 Å². The maximum Gasteiger partial charge on any atom is 0.342 e. The summed E-state index contributed by atoms with van der Waals surface area (Å²) >= 11 is 0. The van der Waals surface area contributed by atoms with Gasteiger partial charge >= 0.3 is 12.0 Å². The highest BCUT2D eigenvalue weighted by atomic mass is 16.5. The molecule has 0 unspecified atom stereocenters. The predicted octanol–water partition coefficient (Wildman–Crippen LogP) is 2.65. The summed E-state index contributed by atoms with van der Waals surface area (Å²) in [6.07, 6.45) is -1.17. The van der Waals surface area contributed by atoms with E-state index in [1.54, 1.807) is 45.9 Å². The average Bonchev–Trinajstić information content (AvgIpc) is 2.97. The first-order valence-electron chi connectivity index (χ1n) is 9.15. The molecule has 0 radical (unpaired) electrons. The van der Waals surface area contributed by atoms with Crippen molar-refractivity contribution in [1.82, 2.24) is 15.8 Å². The molecule has 0 aliphatic rings. The van der Waals surface area contributed by atoms with Gasteiger partial charge in [0.2, 0.25) is 0 Å². The number of nitrogens with zero attached hydrogens (tertiary/aromatic N) is 1. The number of hydrogen-bond donors (Lipinski definition) is 2. The number of amides is 3. The zero-order valence-electron chi connectivity index (χ0n) is 17.1. The van der Waals surface area contributed by atoms with Gasteiger partial charge in [0, 0.05) is 6.04 Å². The van der Waals surface area contributed by atoms with E-state index in [2.05, 4.69) is 15.8 Å². The number of esters is 1.